The van der Waals surface area contributed by atoms with Crippen molar-refractivity contribution in [3.63, 3.8) is 0 Å². The number of halogens is 2. The van der Waals surface area contributed by atoms with Gasteiger partial charge in [0, 0.05) is 11.8 Å². The van der Waals surface area contributed by atoms with Crippen molar-refractivity contribution >= 4 is 17.3 Å². The smallest absolute Gasteiger partial charge is 0.355 e. The molecule has 30 heavy (non-hydrogen) atoms. The predicted molar refractivity (Wildman–Crippen MR) is 106 cm³/mol. The highest BCUT2D eigenvalue weighted by Gasteiger charge is 2.57. The van der Waals surface area contributed by atoms with Crippen molar-refractivity contribution in [1.29, 1.82) is 0 Å². The number of thiazole rings is 1. The van der Waals surface area contributed by atoms with E-state index in [4.69, 9.17) is 14.6 Å². The first-order valence-electron chi connectivity index (χ1n) is 10.4. The third-order valence-electron chi connectivity index (χ3n) is 6.63. The summed E-state index contributed by atoms with van der Waals surface area (Å²) in [5.41, 5.74) is 2.56. The van der Waals surface area contributed by atoms with Gasteiger partial charge in [-0.3, -0.25) is 0 Å². The van der Waals surface area contributed by atoms with E-state index >= 15 is 0 Å². The molecule has 1 aromatic carbocycles. The van der Waals surface area contributed by atoms with Gasteiger partial charge in [-0.25, -0.2) is 18.6 Å². The minimum Gasteiger partial charge on any atom is -0.493 e. The quantitative estimate of drug-likeness (QED) is 0.724. The van der Waals surface area contributed by atoms with Crippen molar-refractivity contribution in [3.8, 4) is 5.75 Å². The van der Waals surface area contributed by atoms with Gasteiger partial charge in [0.2, 0.25) is 0 Å². The first-order valence-corrected chi connectivity index (χ1v) is 11.3. The highest BCUT2D eigenvalue weighted by molar-refractivity contribution is 7.09. The van der Waals surface area contributed by atoms with E-state index in [0.29, 0.717) is 23.6 Å². The van der Waals surface area contributed by atoms with E-state index in [-0.39, 0.29) is 24.6 Å². The molecule has 1 saturated carbocycles. The molecule has 5 nitrogen and oxygen atoms in total. The fraction of sp³-hybridized carbons (Fsp3) is 0.545. The summed E-state index contributed by atoms with van der Waals surface area (Å²) >= 11 is 1.21. The van der Waals surface area contributed by atoms with Gasteiger partial charge in [0.15, 0.2) is 5.69 Å². The lowest BCUT2D eigenvalue weighted by atomic mass is 9.86. The van der Waals surface area contributed by atoms with E-state index in [9.17, 15) is 13.6 Å². The molecule has 2 heterocycles. The molecule has 1 saturated heterocycles. The van der Waals surface area contributed by atoms with Gasteiger partial charge in [-0.2, -0.15) is 0 Å². The van der Waals surface area contributed by atoms with Crippen molar-refractivity contribution < 1.29 is 28.2 Å². The Bertz CT molecular complexity index is 962. The molecule has 1 aromatic heterocycles. The number of carboxylic acids is 1. The fourth-order valence-electron chi connectivity index (χ4n) is 5.09. The molecule has 2 aromatic rings. The molecule has 4 atom stereocenters. The lowest BCUT2D eigenvalue weighted by Crippen LogP contribution is -2.34. The first-order chi connectivity index (χ1) is 14.4. The molecular formula is C22H23F2NO4S. The van der Waals surface area contributed by atoms with Crippen molar-refractivity contribution in [2.24, 2.45) is 11.8 Å². The Morgan fingerprint density at radius 2 is 2.13 bits per heavy atom. The summed E-state index contributed by atoms with van der Waals surface area (Å²) in [6.07, 6.45) is 3.06. The van der Waals surface area contributed by atoms with E-state index in [2.05, 4.69) is 4.98 Å². The second-order valence-corrected chi connectivity index (χ2v) is 9.34. The van der Waals surface area contributed by atoms with E-state index < -0.39 is 30.0 Å². The maximum absolute atomic E-state index is 14.8. The molecule has 0 unspecified atom stereocenters. The number of benzene rings is 1. The molecule has 160 valence electrons. The molecule has 2 aliphatic carbocycles. The summed E-state index contributed by atoms with van der Waals surface area (Å²) in [4.78, 5) is 15.1. The Kier molecular flexibility index (Phi) is 5.01. The highest BCUT2D eigenvalue weighted by atomic mass is 32.1. The van der Waals surface area contributed by atoms with Crippen LogP contribution in [0.1, 0.15) is 58.4 Å². The van der Waals surface area contributed by atoms with E-state index in [1.807, 2.05) is 18.2 Å². The number of aryl methyl sites for hydroxylation is 2. The zero-order chi connectivity index (χ0) is 20.9. The number of carboxylic acid groups (broad SMARTS) is 1. The van der Waals surface area contributed by atoms with Crippen molar-refractivity contribution in [2.75, 3.05) is 6.61 Å². The topological polar surface area (TPSA) is 68.7 Å². The average molecular weight is 435 g/mol. The van der Waals surface area contributed by atoms with Crippen LogP contribution < -0.4 is 4.74 Å². The highest BCUT2D eigenvalue weighted by Crippen LogP contribution is 2.52. The number of hydrogen-bond donors (Lipinski definition) is 1. The zero-order valence-electron chi connectivity index (χ0n) is 16.4. The van der Waals surface area contributed by atoms with Crippen molar-refractivity contribution in [3.05, 3.63) is 45.4 Å². The Balaban J connectivity index is 1.26. The molecule has 0 bridgehead atoms. The molecule has 1 N–H and O–H groups in total. The lowest BCUT2D eigenvalue weighted by Gasteiger charge is -2.33. The number of ether oxygens (including phenoxy) is 2. The van der Waals surface area contributed by atoms with E-state index in [1.165, 1.54) is 27.8 Å². The van der Waals surface area contributed by atoms with Crippen LogP contribution in [0.4, 0.5) is 8.78 Å². The third kappa shape index (κ3) is 3.60. The normalized spacial score (nSPS) is 29.4. The molecule has 8 heteroatoms. The summed E-state index contributed by atoms with van der Waals surface area (Å²) < 4.78 is 41.5. The minimum atomic E-state index is -2.85. The molecule has 1 aliphatic heterocycles. The maximum atomic E-state index is 14.8. The number of aromatic carboxylic acids is 1. The van der Waals surface area contributed by atoms with Gasteiger partial charge < -0.3 is 14.6 Å². The number of rotatable bonds is 5. The maximum Gasteiger partial charge on any atom is 0.355 e. The number of fused-ring (bicyclic) bond motifs is 2. The number of aromatic nitrogens is 1. The number of hydrogen-bond acceptors (Lipinski definition) is 5. The van der Waals surface area contributed by atoms with Crippen LogP contribution in [0.15, 0.2) is 23.6 Å². The standard InChI is InChI=1S/C22H23F2NO4S/c23-22(24)9-19-15(6-7-18(29-19)20-25-17(11-30-20)21(26)27)16(22)10-28-14-5-4-12-2-1-3-13(12)8-14/h4-5,8,11,15-16,18-19H,1-3,6-7,9-10H2,(H,26,27)/t15-,16-,18-,19+/m1/s1. The van der Waals surface area contributed by atoms with Gasteiger partial charge >= 0.3 is 5.97 Å². The zero-order valence-corrected chi connectivity index (χ0v) is 17.2. The average Bonchev–Trinajstić information content (AvgIpc) is 3.42. The predicted octanol–water partition coefficient (Wildman–Crippen LogP) is 4.90. The summed E-state index contributed by atoms with van der Waals surface area (Å²) in [5.74, 6) is -4.45. The van der Waals surface area contributed by atoms with Crippen LogP contribution in [0.5, 0.6) is 5.75 Å². The van der Waals surface area contributed by atoms with Gasteiger partial charge in [-0.15, -0.1) is 11.3 Å². The monoisotopic (exact) mass is 435 g/mol. The van der Waals surface area contributed by atoms with Crippen molar-refractivity contribution in [1.82, 2.24) is 4.98 Å². The molecule has 5 rings (SSSR count). The Hall–Kier alpha value is -2.06. The number of carbonyl (C=O) groups is 1. The van der Waals surface area contributed by atoms with Gasteiger partial charge in [0.25, 0.3) is 5.92 Å². The minimum absolute atomic E-state index is 0.0264. The van der Waals surface area contributed by atoms with Crippen LogP contribution in [0.25, 0.3) is 0 Å². The summed E-state index contributed by atoms with van der Waals surface area (Å²) in [7, 11) is 0. The number of alkyl halides is 2. The van der Waals surface area contributed by atoms with E-state index in [1.54, 1.807) is 0 Å². The summed E-state index contributed by atoms with van der Waals surface area (Å²) in [6.45, 7) is -0.0264. The Labute approximate surface area is 177 Å². The first kappa shape index (κ1) is 19.9. The van der Waals surface area contributed by atoms with Crippen LogP contribution in [0, 0.1) is 11.8 Å². The second-order valence-electron chi connectivity index (χ2n) is 8.45. The molecular weight excluding hydrogens is 412 g/mol. The third-order valence-corrected chi connectivity index (χ3v) is 7.56. The molecule has 0 radical (unpaired) electrons. The van der Waals surface area contributed by atoms with Crippen LogP contribution in [0.3, 0.4) is 0 Å². The molecule has 0 spiro atoms. The lowest BCUT2D eigenvalue weighted by molar-refractivity contribution is -0.0812. The van der Waals surface area contributed by atoms with Crippen LogP contribution in [-0.4, -0.2) is 34.7 Å². The van der Waals surface area contributed by atoms with Gasteiger partial charge in [-0.05, 0) is 61.3 Å². The van der Waals surface area contributed by atoms with Crippen molar-refractivity contribution in [2.45, 2.75) is 56.7 Å². The largest absolute Gasteiger partial charge is 0.493 e. The Morgan fingerprint density at radius 1 is 1.30 bits per heavy atom. The van der Waals surface area contributed by atoms with Crippen LogP contribution in [0.2, 0.25) is 0 Å². The van der Waals surface area contributed by atoms with Gasteiger partial charge in [0.05, 0.1) is 18.6 Å². The molecule has 0 amide bonds. The van der Waals surface area contributed by atoms with Crippen LogP contribution >= 0.6 is 11.3 Å². The Morgan fingerprint density at radius 3 is 2.93 bits per heavy atom. The van der Waals surface area contributed by atoms with Gasteiger partial charge in [0.1, 0.15) is 16.9 Å². The molecule has 3 aliphatic rings. The number of nitrogens with zero attached hydrogens (tertiary/aromatic N) is 1. The summed E-state index contributed by atoms with van der Waals surface area (Å²) in [5, 5.41) is 11.1. The molecule has 2 fully saturated rings. The SMILES string of the molecule is O=C(O)c1csc([C@H]2CC[C@H]3[C@H](CC(F)(F)[C@@H]3COc3ccc4c(c3)CCC4)O2)n1. The fourth-order valence-corrected chi connectivity index (χ4v) is 5.95. The second kappa shape index (κ2) is 7.57. The van der Waals surface area contributed by atoms with Gasteiger partial charge in [-0.1, -0.05) is 6.07 Å². The van der Waals surface area contributed by atoms with Crippen LogP contribution in [-0.2, 0) is 17.6 Å². The van der Waals surface area contributed by atoms with E-state index in [0.717, 1.165) is 19.3 Å². The summed E-state index contributed by atoms with van der Waals surface area (Å²) in [6, 6.07) is 5.91.